The van der Waals surface area contributed by atoms with Crippen LogP contribution >= 0.6 is 0 Å². The normalized spacial score (nSPS) is 26.7. The van der Waals surface area contributed by atoms with Crippen molar-refractivity contribution in [2.75, 3.05) is 32.8 Å². The van der Waals surface area contributed by atoms with E-state index in [9.17, 15) is 14.7 Å². The zero-order chi connectivity index (χ0) is 18.9. The molecule has 0 aromatic heterocycles. The molecule has 2 heterocycles. The number of hydrogen-bond acceptors (Lipinski definition) is 5. The lowest BCUT2D eigenvalue weighted by Crippen LogP contribution is -2.54. The number of carbonyl (C=O) groups excluding carboxylic acids is 2. The fourth-order valence-electron chi connectivity index (χ4n) is 3.56. The minimum absolute atomic E-state index is 0.0187. The number of amides is 3. The zero-order valence-electron chi connectivity index (χ0n) is 16.0. The van der Waals surface area contributed by atoms with Crippen LogP contribution in [0.4, 0.5) is 4.79 Å². The zero-order valence-corrected chi connectivity index (χ0v) is 16.0. The van der Waals surface area contributed by atoms with Gasteiger partial charge in [0.15, 0.2) is 0 Å². The van der Waals surface area contributed by atoms with E-state index in [2.05, 4.69) is 20.9 Å². The highest BCUT2D eigenvalue weighted by Crippen LogP contribution is 2.22. The first-order valence-electron chi connectivity index (χ1n) is 9.80. The fourth-order valence-corrected chi connectivity index (χ4v) is 3.56. The largest absolute Gasteiger partial charge is 0.394 e. The molecule has 0 saturated carbocycles. The van der Waals surface area contributed by atoms with Crippen molar-refractivity contribution in [3.05, 3.63) is 0 Å². The summed E-state index contributed by atoms with van der Waals surface area (Å²) in [4.78, 5) is 26.3. The second-order valence-electron chi connectivity index (χ2n) is 7.54. The summed E-state index contributed by atoms with van der Waals surface area (Å²) in [7, 11) is 0. The van der Waals surface area contributed by atoms with Crippen LogP contribution in [0.1, 0.15) is 46.0 Å². The first kappa shape index (κ1) is 20.9. The van der Waals surface area contributed by atoms with Gasteiger partial charge in [0.05, 0.1) is 25.2 Å². The number of carbonyl (C=O) groups is 2. The predicted molar refractivity (Wildman–Crippen MR) is 98.9 cm³/mol. The monoisotopic (exact) mass is 370 g/mol. The molecule has 0 unspecified atom stereocenters. The molecule has 0 spiro atoms. The molecule has 3 atom stereocenters. The summed E-state index contributed by atoms with van der Waals surface area (Å²) in [5, 5.41) is 18.1. The number of aliphatic hydroxyl groups is 1. The minimum Gasteiger partial charge on any atom is -0.394 e. The van der Waals surface area contributed by atoms with Gasteiger partial charge in [0.2, 0.25) is 5.91 Å². The van der Waals surface area contributed by atoms with E-state index >= 15 is 0 Å². The highest BCUT2D eigenvalue weighted by Gasteiger charge is 2.32. The molecule has 2 saturated heterocycles. The predicted octanol–water partition coefficient (Wildman–Crippen LogP) is 0.205. The Labute approximate surface area is 156 Å². The van der Waals surface area contributed by atoms with Gasteiger partial charge in [0.1, 0.15) is 6.10 Å². The van der Waals surface area contributed by atoms with Crippen molar-refractivity contribution in [2.45, 2.75) is 70.2 Å². The van der Waals surface area contributed by atoms with Crippen LogP contribution in [0, 0.1) is 0 Å². The van der Waals surface area contributed by atoms with Gasteiger partial charge in [-0.3, -0.25) is 4.79 Å². The topological polar surface area (TPSA) is 103 Å². The molecule has 0 aromatic carbocycles. The van der Waals surface area contributed by atoms with Crippen LogP contribution in [0.3, 0.4) is 0 Å². The summed E-state index contributed by atoms with van der Waals surface area (Å²) in [6.07, 6.45) is 3.45. The van der Waals surface area contributed by atoms with E-state index in [0.29, 0.717) is 25.8 Å². The van der Waals surface area contributed by atoms with Gasteiger partial charge < -0.3 is 30.7 Å². The van der Waals surface area contributed by atoms with E-state index in [1.54, 1.807) is 0 Å². The molecule has 8 nitrogen and oxygen atoms in total. The molecule has 3 amide bonds. The summed E-state index contributed by atoms with van der Waals surface area (Å²) in [5.74, 6) is -0.0187. The van der Waals surface area contributed by atoms with Crippen molar-refractivity contribution in [3.63, 3.8) is 0 Å². The fraction of sp³-hybridized carbons (Fsp3) is 0.889. The standard InChI is InChI=1S/C18H34N4O4/c1-13(2)20-18(25)21-15-6-5-14(26-16(15)12-23)11-17(24)19-7-10-22-8-3-4-9-22/h13-16,23H,3-12H2,1-2H3,(H,19,24)(H2,20,21,25)/t14-,15+,16-/m1/s1. The van der Waals surface area contributed by atoms with Crippen LogP contribution in [0.15, 0.2) is 0 Å². The Hall–Kier alpha value is -1.38. The first-order valence-corrected chi connectivity index (χ1v) is 9.80. The molecule has 150 valence electrons. The maximum absolute atomic E-state index is 12.1. The van der Waals surface area contributed by atoms with E-state index in [0.717, 1.165) is 19.6 Å². The summed E-state index contributed by atoms with van der Waals surface area (Å²) < 4.78 is 5.84. The van der Waals surface area contributed by atoms with Crippen LogP contribution in [-0.4, -0.2) is 79.0 Å². The van der Waals surface area contributed by atoms with E-state index in [1.165, 1.54) is 12.8 Å². The third-order valence-corrected chi connectivity index (χ3v) is 4.89. The smallest absolute Gasteiger partial charge is 0.315 e. The Kier molecular flexibility index (Phi) is 8.61. The van der Waals surface area contributed by atoms with Gasteiger partial charge in [0, 0.05) is 19.1 Å². The molecular weight excluding hydrogens is 336 g/mol. The lowest BCUT2D eigenvalue weighted by Gasteiger charge is -2.36. The first-order chi connectivity index (χ1) is 12.5. The highest BCUT2D eigenvalue weighted by atomic mass is 16.5. The van der Waals surface area contributed by atoms with Gasteiger partial charge >= 0.3 is 6.03 Å². The Morgan fingerprint density at radius 1 is 1.23 bits per heavy atom. The van der Waals surface area contributed by atoms with Crippen LogP contribution < -0.4 is 16.0 Å². The number of nitrogens with zero attached hydrogens (tertiary/aromatic N) is 1. The van der Waals surface area contributed by atoms with Crippen molar-refractivity contribution in [1.82, 2.24) is 20.9 Å². The van der Waals surface area contributed by atoms with Gasteiger partial charge in [-0.05, 0) is 52.6 Å². The molecule has 0 radical (unpaired) electrons. The summed E-state index contributed by atoms with van der Waals surface area (Å²) in [5.41, 5.74) is 0. The molecule has 0 aliphatic carbocycles. The molecule has 2 fully saturated rings. The molecule has 2 aliphatic rings. The third-order valence-electron chi connectivity index (χ3n) is 4.89. The Bertz CT molecular complexity index is 454. The van der Waals surface area contributed by atoms with Crippen molar-refractivity contribution in [2.24, 2.45) is 0 Å². The van der Waals surface area contributed by atoms with Crippen molar-refractivity contribution in [3.8, 4) is 0 Å². The summed E-state index contributed by atoms with van der Waals surface area (Å²) in [6.45, 7) is 7.40. The Morgan fingerprint density at radius 3 is 2.62 bits per heavy atom. The second-order valence-corrected chi connectivity index (χ2v) is 7.54. The van der Waals surface area contributed by atoms with Crippen LogP contribution in [0.25, 0.3) is 0 Å². The molecule has 4 N–H and O–H groups in total. The second kappa shape index (κ2) is 10.7. The van der Waals surface area contributed by atoms with E-state index < -0.39 is 6.10 Å². The van der Waals surface area contributed by atoms with Crippen molar-refractivity contribution in [1.29, 1.82) is 0 Å². The average Bonchev–Trinajstić information content (AvgIpc) is 3.08. The van der Waals surface area contributed by atoms with E-state index in [4.69, 9.17) is 4.74 Å². The van der Waals surface area contributed by atoms with E-state index in [-0.39, 0.29) is 36.7 Å². The van der Waals surface area contributed by atoms with Gasteiger partial charge in [0.25, 0.3) is 0 Å². The van der Waals surface area contributed by atoms with Gasteiger partial charge in [-0.1, -0.05) is 0 Å². The van der Waals surface area contributed by atoms with Gasteiger partial charge in [-0.2, -0.15) is 0 Å². The van der Waals surface area contributed by atoms with Crippen LogP contribution in [0.5, 0.6) is 0 Å². The highest BCUT2D eigenvalue weighted by molar-refractivity contribution is 5.76. The molecule has 2 rings (SSSR count). The molecular formula is C18H34N4O4. The molecule has 8 heteroatoms. The lowest BCUT2D eigenvalue weighted by molar-refractivity contribution is -0.130. The molecule has 0 aromatic rings. The Morgan fingerprint density at radius 2 is 1.96 bits per heavy atom. The van der Waals surface area contributed by atoms with Crippen molar-refractivity contribution < 1.29 is 19.4 Å². The maximum Gasteiger partial charge on any atom is 0.315 e. The number of hydrogen-bond donors (Lipinski definition) is 4. The van der Waals surface area contributed by atoms with Crippen molar-refractivity contribution >= 4 is 11.9 Å². The van der Waals surface area contributed by atoms with Gasteiger partial charge in [-0.15, -0.1) is 0 Å². The van der Waals surface area contributed by atoms with Crippen LogP contribution in [0.2, 0.25) is 0 Å². The SMILES string of the molecule is CC(C)NC(=O)N[C@H]1CC[C@H](CC(=O)NCCN2CCCC2)O[C@@H]1CO. The third kappa shape index (κ3) is 7.09. The number of aliphatic hydroxyl groups excluding tert-OH is 1. The summed E-state index contributed by atoms with van der Waals surface area (Å²) >= 11 is 0. The van der Waals surface area contributed by atoms with E-state index in [1.807, 2.05) is 13.8 Å². The number of urea groups is 1. The summed E-state index contributed by atoms with van der Waals surface area (Å²) in [6, 6.07) is -0.456. The number of ether oxygens (including phenoxy) is 1. The Balaban J connectivity index is 1.68. The minimum atomic E-state index is -0.482. The van der Waals surface area contributed by atoms with Crippen LogP contribution in [-0.2, 0) is 9.53 Å². The lowest BCUT2D eigenvalue weighted by atomic mass is 9.97. The molecule has 2 aliphatic heterocycles. The number of likely N-dealkylation sites (tertiary alicyclic amines) is 1. The number of nitrogens with one attached hydrogen (secondary N) is 3. The quantitative estimate of drug-likeness (QED) is 0.489. The molecule has 0 bridgehead atoms. The molecule has 26 heavy (non-hydrogen) atoms. The number of rotatable bonds is 8. The average molecular weight is 370 g/mol. The maximum atomic E-state index is 12.1. The van der Waals surface area contributed by atoms with Gasteiger partial charge in [-0.25, -0.2) is 4.79 Å².